The minimum atomic E-state index is -1.05. The summed E-state index contributed by atoms with van der Waals surface area (Å²) in [5.41, 5.74) is 0. The lowest BCUT2D eigenvalue weighted by atomic mass is 10.1. The summed E-state index contributed by atoms with van der Waals surface area (Å²) >= 11 is 1.63. The molecule has 3 N–H and O–H groups in total. The van der Waals surface area contributed by atoms with E-state index in [4.69, 9.17) is 10.2 Å². The molecule has 0 rings (SSSR count). The Balaban J connectivity index is 3.98. The molecule has 1 atom stereocenters. The van der Waals surface area contributed by atoms with Crippen molar-refractivity contribution < 1.29 is 24.6 Å². The van der Waals surface area contributed by atoms with Crippen molar-refractivity contribution in [3.05, 3.63) is 12.2 Å². The molecule has 180 valence electrons. The first-order valence-corrected chi connectivity index (χ1v) is 13.0. The van der Waals surface area contributed by atoms with Crippen LogP contribution in [0.25, 0.3) is 0 Å². The van der Waals surface area contributed by atoms with Gasteiger partial charge in [-0.3, -0.25) is 14.4 Å². The van der Waals surface area contributed by atoms with Gasteiger partial charge in [-0.05, 0) is 25.7 Å². The van der Waals surface area contributed by atoms with Crippen LogP contribution in [0, 0.1) is 0 Å². The first kappa shape index (κ1) is 29.5. The molecule has 7 heteroatoms. The van der Waals surface area contributed by atoms with Crippen LogP contribution >= 0.6 is 11.8 Å². The Bertz CT molecular complexity index is 510. The summed E-state index contributed by atoms with van der Waals surface area (Å²) in [7, 11) is 0. The van der Waals surface area contributed by atoms with E-state index < -0.39 is 11.9 Å². The maximum atomic E-state index is 11.6. The Labute approximate surface area is 192 Å². The molecule has 0 fully saturated rings. The quantitative estimate of drug-likeness (QED) is 0.140. The van der Waals surface area contributed by atoms with Crippen molar-refractivity contribution in [1.29, 1.82) is 0 Å². The Kier molecular flexibility index (Phi) is 20.7. The van der Waals surface area contributed by atoms with E-state index in [9.17, 15) is 14.4 Å². The number of carbonyl (C=O) groups is 3. The zero-order chi connectivity index (χ0) is 23.2. The molecular weight excluding hydrogens is 414 g/mol. The van der Waals surface area contributed by atoms with Gasteiger partial charge in [0.15, 0.2) is 0 Å². The lowest BCUT2D eigenvalue weighted by molar-refractivity contribution is -0.138. The van der Waals surface area contributed by atoms with Crippen molar-refractivity contribution in [2.45, 2.75) is 108 Å². The smallest absolute Gasteiger partial charge is 0.322 e. The van der Waals surface area contributed by atoms with Crippen molar-refractivity contribution in [3.63, 3.8) is 0 Å². The fourth-order valence-corrected chi connectivity index (χ4v) is 4.41. The van der Waals surface area contributed by atoms with Crippen LogP contribution in [0.2, 0.25) is 0 Å². The largest absolute Gasteiger partial charge is 0.481 e. The molecule has 0 aliphatic rings. The minimum Gasteiger partial charge on any atom is -0.481 e. The Morgan fingerprint density at radius 2 is 1.45 bits per heavy atom. The predicted molar refractivity (Wildman–Crippen MR) is 129 cm³/mol. The second-order valence-corrected chi connectivity index (χ2v) is 9.36. The molecule has 31 heavy (non-hydrogen) atoms. The van der Waals surface area contributed by atoms with Gasteiger partial charge in [0.2, 0.25) is 5.91 Å². The van der Waals surface area contributed by atoms with Gasteiger partial charge in [-0.1, -0.05) is 76.9 Å². The molecular formula is C24H43NO5S. The standard InChI is InChI=1S/C24H43NO5S/c1-2-3-4-5-6-7-8-9-10-11-12-13-15-21(16-14-17-23(27)28)31-19-18-22(26)25-20-24(29)30/h13,15,21H,2-12,14,16-20H2,1H3,(H,25,26)(H,27,28)(H,29,30)/b15-13-. The molecule has 0 spiro atoms. The monoisotopic (exact) mass is 457 g/mol. The molecule has 1 amide bonds. The summed E-state index contributed by atoms with van der Waals surface area (Å²) in [6.45, 7) is 1.89. The molecule has 0 radical (unpaired) electrons. The van der Waals surface area contributed by atoms with E-state index in [1.54, 1.807) is 11.8 Å². The van der Waals surface area contributed by atoms with E-state index in [2.05, 4.69) is 24.4 Å². The molecule has 0 bridgehead atoms. The average Bonchev–Trinajstić information content (AvgIpc) is 2.72. The molecule has 0 aliphatic carbocycles. The number of allylic oxidation sites excluding steroid dienone is 1. The molecule has 0 saturated heterocycles. The summed E-state index contributed by atoms with van der Waals surface area (Å²) < 4.78 is 0. The summed E-state index contributed by atoms with van der Waals surface area (Å²) in [5, 5.41) is 20.0. The van der Waals surface area contributed by atoms with Crippen LogP contribution < -0.4 is 5.32 Å². The molecule has 0 aromatic carbocycles. The van der Waals surface area contributed by atoms with Crippen molar-refractivity contribution >= 4 is 29.6 Å². The first-order chi connectivity index (χ1) is 15.0. The van der Waals surface area contributed by atoms with Crippen LogP contribution in [0.4, 0.5) is 0 Å². The number of hydrogen-bond donors (Lipinski definition) is 3. The SMILES string of the molecule is CCCCCCCCCCCC/C=C\C(CCCC(=O)O)SCCC(=O)NCC(=O)O. The summed E-state index contributed by atoms with van der Waals surface area (Å²) in [6, 6.07) is 0. The number of amides is 1. The Morgan fingerprint density at radius 1 is 0.839 bits per heavy atom. The van der Waals surface area contributed by atoms with Crippen LogP contribution in [0.15, 0.2) is 12.2 Å². The number of carboxylic acid groups (broad SMARTS) is 2. The van der Waals surface area contributed by atoms with E-state index in [0.29, 0.717) is 12.2 Å². The predicted octanol–water partition coefficient (Wildman–Crippen LogP) is 5.80. The molecule has 0 aliphatic heterocycles. The van der Waals surface area contributed by atoms with Gasteiger partial charge in [-0.2, -0.15) is 11.8 Å². The number of aliphatic carboxylic acids is 2. The fourth-order valence-electron chi connectivity index (χ4n) is 3.25. The van der Waals surface area contributed by atoms with Crippen LogP contribution in [0.1, 0.15) is 103 Å². The first-order valence-electron chi connectivity index (χ1n) is 11.9. The van der Waals surface area contributed by atoms with Gasteiger partial charge < -0.3 is 15.5 Å². The van der Waals surface area contributed by atoms with Gasteiger partial charge in [-0.15, -0.1) is 0 Å². The van der Waals surface area contributed by atoms with E-state index in [-0.39, 0.29) is 30.5 Å². The number of thioether (sulfide) groups is 1. The number of carboxylic acids is 2. The maximum absolute atomic E-state index is 11.6. The van der Waals surface area contributed by atoms with Crippen LogP contribution in [-0.2, 0) is 14.4 Å². The van der Waals surface area contributed by atoms with E-state index in [1.165, 1.54) is 64.2 Å². The second-order valence-electron chi connectivity index (χ2n) is 8.01. The fraction of sp³-hybridized carbons (Fsp3) is 0.792. The van der Waals surface area contributed by atoms with Crippen molar-refractivity contribution in [3.8, 4) is 0 Å². The van der Waals surface area contributed by atoms with Crippen LogP contribution in [0.5, 0.6) is 0 Å². The van der Waals surface area contributed by atoms with Gasteiger partial charge in [0.25, 0.3) is 0 Å². The average molecular weight is 458 g/mol. The molecule has 0 aromatic rings. The van der Waals surface area contributed by atoms with Crippen molar-refractivity contribution in [2.75, 3.05) is 12.3 Å². The molecule has 0 saturated carbocycles. The molecule has 0 heterocycles. The zero-order valence-corrected chi connectivity index (χ0v) is 20.1. The van der Waals surface area contributed by atoms with E-state index in [0.717, 1.165) is 12.8 Å². The second kappa shape index (κ2) is 21.7. The third kappa shape index (κ3) is 23.0. The topological polar surface area (TPSA) is 104 Å². The number of nitrogens with one attached hydrogen (secondary N) is 1. The number of carbonyl (C=O) groups excluding carboxylic acids is 1. The summed E-state index contributed by atoms with van der Waals surface area (Å²) in [5.74, 6) is -1.52. The highest BCUT2D eigenvalue weighted by Gasteiger charge is 2.09. The third-order valence-corrected chi connectivity index (χ3v) is 6.31. The maximum Gasteiger partial charge on any atom is 0.322 e. The van der Waals surface area contributed by atoms with Crippen molar-refractivity contribution in [1.82, 2.24) is 5.32 Å². The molecule has 1 unspecified atom stereocenters. The highest BCUT2D eigenvalue weighted by Crippen LogP contribution is 2.20. The van der Waals surface area contributed by atoms with Gasteiger partial charge in [-0.25, -0.2) is 0 Å². The highest BCUT2D eigenvalue weighted by molar-refractivity contribution is 8.00. The number of hydrogen-bond acceptors (Lipinski definition) is 4. The zero-order valence-electron chi connectivity index (χ0n) is 19.3. The molecule has 0 aromatic heterocycles. The number of unbranched alkanes of at least 4 members (excludes halogenated alkanes) is 10. The summed E-state index contributed by atoms with van der Waals surface area (Å²) in [6.07, 6.45) is 20.3. The number of rotatable bonds is 22. The van der Waals surface area contributed by atoms with Gasteiger partial charge in [0, 0.05) is 23.8 Å². The van der Waals surface area contributed by atoms with Gasteiger partial charge >= 0.3 is 11.9 Å². The Hall–Kier alpha value is -1.50. The van der Waals surface area contributed by atoms with E-state index >= 15 is 0 Å². The van der Waals surface area contributed by atoms with E-state index in [1.807, 2.05) is 0 Å². The van der Waals surface area contributed by atoms with Gasteiger partial charge in [0.1, 0.15) is 6.54 Å². The van der Waals surface area contributed by atoms with Gasteiger partial charge in [0.05, 0.1) is 0 Å². The highest BCUT2D eigenvalue weighted by atomic mass is 32.2. The summed E-state index contributed by atoms with van der Waals surface area (Å²) in [4.78, 5) is 32.9. The van der Waals surface area contributed by atoms with Crippen LogP contribution in [-0.4, -0.2) is 45.6 Å². The molecule has 6 nitrogen and oxygen atoms in total. The lowest BCUT2D eigenvalue weighted by Gasteiger charge is -2.12. The lowest BCUT2D eigenvalue weighted by Crippen LogP contribution is -2.29. The minimum absolute atomic E-state index is 0.155. The third-order valence-electron chi connectivity index (χ3n) is 5.05. The Morgan fingerprint density at radius 3 is 2.03 bits per heavy atom. The normalized spacial score (nSPS) is 12.2. The van der Waals surface area contributed by atoms with Crippen LogP contribution in [0.3, 0.4) is 0 Å². The van der Waals surface area contributed by atoms with Crippen molar-refractivity contribution in [2.24, 2.45) is 0 Å².